The van der Waals surface area contributed by atoms with E-state index >= 15 is 0 Å². The van der Waals surface area contributed by atoms with Crippen LogP contribution >= 0.6 is 11.6 Å². The lowest BCUT2D eigenvalue weighted by Gasteiger charge is -2.11. The molecule has 0 spiro atoms. The molecule has 0 aliphatic heterocycles. The zero-order valence-corrected chi connectivity index (χ0v) is 11.8. The topological polar surface area (TPSA) is 29.1 Å². The third-order valence-corrected chi connectivity index (χ3v) is 5.73. The highest BCUT2D eigenvalue weighted by molar-refractivity contribution is 6.31. The lowest BCUT2D eigenvalue weighted by Crippen LogP contribution is -2.19. The second-order valence-electron chi connectivity index (χ2n) is 6.46. The number of benzene rings is 1. The van der Waals surface area contributed by atoms with Gasteiger partial charge < -0.3 is 5.32 Å². The molecule has 100 valence electrons. The van der Waals surface area contributed by atoms with Crippen molar-refractivity contribution in [3.8, 4) is 0 Å². The number of fused-ring (bicyclic) bond motifs is 5. The quantitative estimate of drug-likeness (QED) is 0.872. The largest absolute Gasteiger partial charge is 0.326 e. The molecule has 3 aliphatic rings. The van der Waals surface area contributed by atoms with Crippen molar-refractivity contribution in [1.82, 2.24) is 0 Å². The maximum Gasteiger partial charge on any atom is 0.228 e. The van der Waals surface area contributed by atoms with Gasteiger partial charge in [-0.15, -0.1) is 0 Å². The summed E-state index contributed by atoms with van der Waals surface area (Å²) >= 11 is 6.00. The second kappa shape index (κ2) is 3.99. The molecule has 0 heterocycles. The van der Waals surface area contributed by atoms with Crippen LogP contribution in [0.15, 0.2) is 18.2 Å². The van der Waals surface area contributed by atoms with E-state index in [1.54, 1.807) is 0 Å². The number of nitrogens with one attached hydrogen (secondary N) is 1. The number of aryl methyl sites for hydroxylation is 1. The van der Waals surface area contributed by atoms with Gasteiger partial charge in [-0.2, -0.15) is 0 Å². The van der Waals surface area contributed by atoms with Crippen LogP contribution in [0.5, 0.6) is 0 Å². The van der Waals surface area contributed by atoms with Crippen LogP contribution in [0.25, 0.3) is 0 Å². The van der Waals surface area contributed by atoms with Crippen LogP contribution in [0.2, 0.25) is 5.02 Å². The number of rotatable bonds is 2. The zero-order valence-electron chi connectivity index (χ0n) is 11.0. The predicted molar refractivity (Wildman–Crippen MR) is 76.1 cm³/mol. The number of halogens is 1. The molecule has 2 bridgehead atoms. The van der Waals surface area contributed by atoms with Crippen molar-refractivity contribution in [2.45, 2.75) is 26.2 Å². The molecule has 0 radical (unpaired) electrons. The van der Waals surface area contributed by atoms with Crippen molar-refractivity contribution in [2.75, 3.05) is 5.32 Å². The van der Waals surface area contributed by atoms with E-state index in [1.807, 2.05) is 25.1 Å². The Kier molecular flexibility index (Phi) is 2.47. The molecule has 3 heteroatoms. The van der Waals surface area contributed by atoms with E-state index in [4.69, 9.17) is 11.6 Å². The first kappa shape index (κ1) is 11.8. The summed E-state index contributed by atoms with van der Waals surface area (Å²) in [5.41, 5.74) is 1.95. The molecule has 4 atom stereocenters. The van der Waals surface area contributed by atoms with Crippen LogP contribution < -0.4 is 5.32 Å². The Labute approximate surface area is 118 Å². The first-order valence-electron chi connectivity index (χ1n) is 7.22. The molecule has 3 fully saturated rings. The van der Waals surface area contributed by atoms with Crippen LogP contribution in [0.1, 0.15) is 24.8 Å². The van der Waals surface area contributed by atoms with E-state index in [9.17, 15) is 4.79 Å². The Bertz CT molecular complexity index is 540. The summed E-state index contributed by atoms with van der Waals surface area (Å²) in [7, 11) is 0. The number of anilines is 1. The molecule has 2 nitrogen and oxygen atoms in total. The minimum absolute atomic E-state index is 0.219. The normalized spacial score (nSPS) is 38.1. The maximum absolute atomic E-state index is 12.4. The standard InChI is InChI=1S/C16H18ClNO/c1-8-2-5-11(17)7-12(8)18-16(19)15-13-9-3-4-10(6-9)14(13)15/h2,5,7,9-10,13-15H,3-4,6H2,1H3,(H,18,19)/t9-,10-,13-,14-/m1/s1. The summed E-state index contributed by atoms with van der Waals surface area (Å²) in [5, 5.41) is 3.76. The highest BCUT2D eigenvalue weighted by Crippen LogP contribution is 2.69. The summed E-state index contributed by atoms with van der Waals surface area (Å²) in [4.78, 5) is 12.4. The average Bonchev–Trinajstić information content (AvgIpc) is 2.83. The molecule has 0 unspecified atom stereocenters. The van der Waals surface area contributed by atoms with E-state index in [-0.39, 0.29) is 11.8 Å². The maximum atomic E-state index is 12.4. The van der Waals surface area contributed by atoms with Crippen molar-refractivity contribution in [2.24, 2.45) is 29.6 Å². The second-order valence-corrected chi connectivity index (χ2v) is 6.90. The summed E-state index contributed by atoms with van der Waals surface area (Å²) in [6.07, 6.45) is 4.09. The van der Waals surface area contributed by atoms with Gasteiger partial charge >= 0.3 is 0 Å². The summed E-state index contributed by atoms with van der Waals surface area (Å²) in [5.74, 6) is 3.57. The molecule has 3 saturated carbocycles. The molecule has 0 aromatic heterocycles. The van der Waals surface area contributed by atoms with Crippen molar-refractivity contribution in [3.05, 3.63) is 28.8 Å². The molecule has 0 saturated heterocycles. The Morgan fingerprint density at radius 3 is 2.63 bits per heavy atom. The van der Waals surface area contributed by atoms with E-state index < -0.39 is 0 Å². The predicted octanol–water partition coefficient (Wildman–Crippen LogP) is 3.88. The molecule has 1 aromatic carbocycles. The number of hydrogen-bond acceptors (Lipinski definition) is 1. The van der Waals surface area contributed by atoms with Crippen LogP contribution in [0, 0.1) is 36.5 Å². The molecule has 19 heavy (non-hydrogen) atoms. The fourth-order valence-electron chi connectivity index (χ4n) is 4.62. The molecule has 1 aromatic rings. The lowest BCUT2D eigenvalue weighted by molar-refractivity contribution is -0.118. The fraction of sp³-hybridized carbons (Fsp3) is 0.562. The van der Waals surface area contributed by atoms with Gasteiger partial charge in [0.1, 0.15) is 0 Å². The smallest absolute Gasteiger partial charge is 0.228 e. The van der Waals surface area contributed by atoms with E-state index in [0.717, 1.165) is 23.1 Å². The van der Waals surface area contributed by atoms with Crippen LogP contribution in [0.4, 0.5) is 5.69 Å². The van der Waals surface area contributed by atoms with Gasteiger partial charge in [-0.25, -0.2) is 0 Å². The van der Waals surface area contributed by atoms with Crippen LogP contribution in [0.3, 0.4) is 0 Å². The minimum Gasteiger partial charge on any atom is -0.326 e. The molecule has 1 amide bonds. The van der Waals surface area contributed by atoms with E-state index in [0.29, 0.717) is 16.9 Å². The third-order valence-electron chi connectivity index (χ3n) is 5.50. The SMILES string of the molecule is Cc1ccc(Cl)cc1NC(=O)C1[C@@H]2[C@@H]3CC[C@H](C3)[C@@H]12. The Balaban J connectivity index is 1.50. The third kappa shape index (κ3) is 1.73. The molecule has 4 rings (SSSR count). The first-order valence-corrected chi connectivity index (χ1v) is 7.60. The Hall–Kier alpha value is -1.02. The number of amides is 1. The summed E-state index contributed by atoms with van der Waals surface area (Å²) in [6, 6.07) is 5.66. The fourth-order valence-corrected chi connectivity index (χ4v) is 4.79. The van der Waals surface area contributed by atoms with Crippen LogP contribution in [-0.2, 0) is 4.79 Å². The first-order chi connectivity index (χ1) is 9.15. The molecule has 1 N–H and O–H groups in total. The zero-order chi connectivity index (χ0) is 13.1. The van der Waals surface area contributed by atoms with E-state index in [2.05, 4.69) is 5.32 Å². The van der Waals surface area contributed by atoms with E-state index in [1.165, 1.54) is 19.3 Å². The number of carbonyl (C=O) groups excluding carboxylic acids is 1. The Morgan fingerprint density at radius 2 is 1.95 bits per heavy atom. The summed E-state index contributed by atoms with van der Waals surface area (Å²) in [6.45, 7) is 2.00. The molecular weight excluding hydrogens is 258 g/mol. The average molecular weight is 276 g/mol. The van der Waals surface area contributed by atoms with Gasteiger partial charge in [0.25, 0.3) is 0 Å². The van der Waals surface area contributed by atoms with Crippen molar-refractivity contribution in [3.63, 3.8) is 0 Å². The summed E-state index contributed by atoms with van der Waals surface area (Å²) < 4.78 is 0. The van der Waals surface area contributed by atoms with Gasteiger partial charge in [0, 0.05) is 16.6 Å². The molecular formula is C16H18ClNO. The van der Waals surface area contributed by atoms with Gasteiger partial charge in [-0.05, 0) is 67.6 Å². The van der Waals surface area contributed by atoms with Crippen molar-refractivity contribution < 1.29 is 4.79 Å². The monoisotopic (exact) mass is 275 g/mol. The molecule has 3 aliphatic carbocycles. The van der Waals surface area contributed by atoms with Gasteiger partial charge in [-0.1, -0.05) is 17.7 Å². The van der Waals surface area contributed by atoms with Gasteiger partial charge in [0.2, 0.25) is 5.91 Å². The van der Waals surface area contributed by atoms with Crippen molar-refractivity contribution in [1.29, 1.82) is 0 Å². The minimum atomic E-state index is 0.219. The number of hydrogen-bond donors (Lipinski definition) is 1. The lowest BCUT2D eigenvalue weighted by atomic mass is 10.0. The highest BCUT2D eigenvalue weighted by atomic mass is 35.5. The van der Waals surface area contributed by atoms with Crippen LogP contribution in [-0.4, -0.2) is 5.91 Å². The van der Waals surface area contributed by atoms with Gasteiger partial charge in [0.15, 0.2) is 0 Å². The van der Waals surface area contributed by atoms with Gasteiger partial charge in [-0.3, -0.25) is 4.79 Å². The van der Waals surface area contributed by atoms with Gasteiger partial charge in [0.05, 0.1) is 0 Å². The van der Waals surface area contributed by atoms with Crippen molar-refractivity contribution >= 4 is 23.2 Å². The Morgan fingerprint density at radius 1 is 1.26 bits per heavy atom. The highest BCUT2D eigenvalue weighted by Gasteiger charge is 2.67. The number of carbonyl (C=O) groups is 1.